The van der Waals surface area contributed by atoms with Crippen LogP contribution in [0.15, 0.2) is 42.5 Å². The van der Waals surface area contributed by atoms with Crippen LogP contribution in [0.5, 0.6) is 0 Å². The summed E-state index contributed by atoms with van der Waals surface area (Å²) in [4.78, 5) is 23.9. The molecule has 112 valence electrons. The maximum absolute atomic E-state index is 12.3. The van der Waals surface area contributed by atoms with Gasteiger partial charge in [0.2, 0.25) is 0 Å². The molecule has 1 aliphatic carbocycles. The van der Waals surface area contributed by atoms with E-state index < -0.39 is 5.97 Å². The van der Waals surface area contributed by atoms with E-state index in [4.69, 9.17) is 0 Å². The molecule has 0 aromatic heterocycles. The molecule has 0 spiro atoms. The van der Waals surface area contributed by atoms with Gasteiger partial charge < -0.3 is 10.1 Å². The first-order chi connectivity index (χ1) is 10.7. The monoisotopic (exact) mass is 295 g/mol. The maximum atomic E-state index is 12.3. The van der Waals surface area contributed by atoms with Gasteiger partial charge in [-0.15, -0.1) is 0 Å². The number of fused-ring (bicyclic) bond motifs is 1. The molecular formula is C18H17NO3. The molecule has 0 bridgehead atoms. The van der Waals surface area contributed by atoms with Gasteiger partial charge in [0, 0.05) is 11.3 Å². The molecule has 0 radical (unpaired) electrons. The number of benzene rings is 2. The molecule has 0 aliphatic heterocycles. The van der Waals surface area contributed by atoms with Gasteiger partial charge in [0.15, 0.2) is 0 Å². The van der Waals surface area contributed by atoms with Gasteiger partial charge in [0.1, 0.15) is 0 Å². The van der Waals surface area contributed by atoms with Crippen molar-refractivity contribution in [2.75, 3.05) is 12.4 Å². The van der Waals surface area contributed by atoms with Crippen LogP contribution in [0.3, 0.4) is 0 Å². The third kappa shape index (κ3) is 2.86. The average Bonchev–Trinajstić information content (AvgIpc) is 3.01. The topological polar surface area (TPSA) is 55.4 Å². The van der Waals surface area contributed by atoms with Crippen LogP contribution >= 0.6 is 0 Å². The molecule has 3 rings (SSSR count). The van der Waals surface area contributed by atoms with E-state index in [0.717, 1.165) is 19.3 Å². The number of hydrogen-bond acceptors (Lipinski definition) is 3. The van der Waals surface area contributed by atoms with Gasteiger partial charge in [-0.1, -0.05) is 12.1 Å². The number of rotatable bonds is 3. The molecule has 4 nitrogen and oxygen atoms in total. The number of carbonyl (C=O) groups excluding carboxylic acids is 2. The summed E-state index contributed by atoms with van der Waals surface area (Å²) >= 11 is 0. The first-order valence-corrected chi connectivity index (χ1v) is 7.29. The van der Waals surface area contributed by atoms with E-state index in [0.29, 0.717) is 16.8 Å². The summed E-state index contributed by atoms with van der Waals surface area (Å²) in [5.41, 5.74) is 4.23. The molecule has 2 aromatic carbocycles. The second kappa shape index (κ2) is 6.02. The van der Waals surface area contributed by atoms with Gasteiger partial charge in [-0.3, -0.25) is 4.79 Å². The van der Waals surface area contributed by atoms with E-state index in [1.807, 2.05) is 18.2 Å². The SMILES string of the molecule is COC(=O)c1cccc(NC(=O)c2ccc3c(c2)CCC3)c1. The normalized spacial score (nSPS) is 12.6. The Kier molecular flexibility index (Phi) is 3.92. The Morgan fingerprint density at radius 1 is 1.00 bits per heavy atom. The van der Waals surface area contributed by atoms with Crippen LogP contribution in [0.2, 0.25) is 0 Å². The summed E-state index contributed by atoms with van der Waals surface area (Å²) in [7, 11) is 1.33. The van der Waals surface area contributed by atoms with Crippen LogP contribution in [0.25, 0.3) is 0 Å². The standard InChI is InChI=1S/C18H17NO3/c1-22-18(21)15-6-3-7-16(11-15)19-17(20)14-9-8-12-4-2-5-13(12)10-14/h3,6-11H,2,4-5H2,1H3,(H,19,20). The molecule has 4 heteroatoms. The summed E-state index contributed by atoms with van der Waals surface area (Å²) < 4.78 is 4.68. The van der Waals surface area contributed by atoms with Crippen molar-refractivity contribution in [1.29, 1.82) is 0 Å². The average molecular weight is 295 g/mol. The van der Waals surface area contributed by atoms with Crippen LogP contribution in [0.4, 0.5) is 5.69 Å². The van der Waals surface area contributed by atoms with Crippen LogP contribution in [0, 0.1) is 0 Å². The molecule has 1 N–H and O–H groups in total. The molecular weight excluding hydrogens is 278 g/mol. The fourth-order valence-corrected chi connectivity index (χ4v) is 2.76. The van der Waals surface area contributed by atoms with Crippen molar-refractivity contribution in [2.24, 2.45) is 0 Å². The van der Waals surface area contributed by atoms with Crippen molar-refractivity contribution in [3.8, 4) is 0 Å². The number of esters is 1. The lowest BCUT2D eigenvalue weighted by Gasteiger charge is -2.08. The molecule has 2 aromatic rings. The Bertz CT molecular complexity index is 737. The molecule has 0 heterocycles. The number of aryl methyl sites for hydroxylation is 2. The zero-order valence-electron chi connectivity index (χ0n) is 12.4. The number of amides is 1. The minimum Gasteiger partial charge on any atom is -0.465 e. The number of nitrogens with one attached hydrogen (secondary N) is 1. The second-order valence-corrected chi connectivity index (χ2v) is 5.36. The second-order valence-electron chi connectivity index (χ2n) is 5.36. The largest absolute Gasteiger partial charge is 0.465 e. The van der Waals surface area contributed by atoms with Crippen molar-refractivity contribution in [3.63, 3.8) is 0 Å². The lowest BCUT2D eigenvalue weighted by molar-refractivity contribution is 0.0600. The van der Waals surface area contributed by atoms with Gasteiger partial charge in [0.05, 0.1) is 12.7 Å². The van der Waals surface area contributed by atoms with Gasteiger partial charge in [0.25, 0.3) is 5.91 Å². The molecule has 1 amide bonds. The van der Waals surface area contributed by atoms with Gasteiger partial charge in [-0.25, -0.2) is 4.79 Å². The summed E-state index contributed by atoms with van der Waals surface area (Å²) in [6.07, 6.45) is 3.29. The fourth-order valence-electron chi connectivity index (χ4n) is 2.76. The minimum atomic E-state index is -0.423. The summed E-state index contributed by atoms with van der Waals surface area (Å²) in [5, 5.41) is 2.82. The van der Waals surface area contributed by atoms with Crippen LogP contribution in [0.1, 0.15) is 38.3 Å². The molecule has 0 saturated carbocycles. The highest BCUT2D eigenvalue weighted by Crippen LogP contribution is 2.23. The highest BCUT2D eigenvalue weighted by molar-refractivity contribution is 6.05. The predicted octanol–water partition coefficient (Wildman–Crippen LogP) is 3.21. The number of anilines is 1. The van der Waals surface area contributed by atoms with Crippen molar-refractivity contribution in [1.82, 2.24) is 0 Å². The van der Waals surface area contributed by atoms with Crippen LogP contribution < -0.4 is 5.32 Å². The van der Waals surface area contributed by atoms with Crippen molar-refractivity contribution < 1.29 is 14.3 Å². The van der Waals surface area contributed by atoms with Crippen molar-refractivity contribution >= 4 is 17.6 Å². The Labute approximate surface area is 129 Å². The predicted molar refractivity (Wildman–Crippen MR) is 84.2 cm³/mol. The third-order valence-corrected chi connectivity index (χ3v) is 3.90. The van der Waals surface area contributed by atoms with Crippen LogP contribution in [-0.4, -0.2) is 19.0 Å². The Morgan fingerprint density at radius 2 is 1.82 bits per heavy atom. The number of methoxy groups -OCH3 is 1. The molecule has 0 atom stereocenters. The van der Waals surface area contributed by atoms with E-state index >= 15 is 0 Å². The fraction of sp³-hybridized carbons (Fsp3) is 0.222. The number of hydrogen-bond donors (Lipinski definition) is 1. The smallest absolute Gasteiger partial charge is 0.337 e. The highest BCUT2D eigenvalue weighted by Gasteiger charge is 2.14. The summed E-state index contributed by atoms with van der Waals surface area (Å²) in [6, 6.07) is 12.6. The van der Waals surface area contributed by atoms with Gasteiger partial charge >= 0.3 is 5.97 Å². The van der Waals surface area contributed by atoms with Gasteiger partial charge in [-0.2, -0.15) is 0 Å². The van der Waals surface area contributed by atoms with Gasteiger partial charge in [-0.05, 0) is 60.7 Å². The molecule has 0 saturated heterocycles. The first-order valence-electron chi connectivity index (χ1n) is 7.29. The lowest BCUT2D eigenvalue weighted by atomic mass is 10.1. The van der Waals surface area contributed by atoms with E-state index in [-0.39, 0.29) is 5.91 Å². The van der Waals surface area contributed by atoms with E-state index in [2.05, 4.69) is 10.1 Å². The lowest BCUT2D eigenvalue weighted by Crippen LogP contribution is -2.13. The zero-order chi connectivity index (χ0) is 15.5. The zero-order valence-corrected chi connectivity index (χ0v) is 12.4. The third-order valence-electron chi connectivity index (χ3n) is 3.90. The Morgan fingerprint density at radius 3 is 2.64 bits per heavy atom. The number of ether oxygens (including phenoxy) is 1. The summed E-state index contributed by atoms with van der Waals surface area (Å²) in [5.74, 6) is -0.592. The summed E-state index contributed by atoms with van der Waals surface area (Å²) in [6.45, 7) is 0. The van der Waals surface area contributed by atoms with E-state index in [9.17, 15) is 9.59 Å². The Balaban J connectivity index is 1.78. The molecule has 22 heavy (non-hydrogen) atoms. The number of carbonyl (C=O) groups is 2. The quantitative estimate of drug-likeness (QED) is 0.885. The van der Waals surface area contributed by atoms with E-state index in [1.54, 1.807) is 24.3 Å². The van der Waals surface area contributed by atoms with E-state index in [1.165, 1.54) is 18.2 Å². The maximum Gasteiger partial charge on any atom is 0.337 e. The highest BCUT2D eigenvalue weighted by atomic mass is 16.5. The molecule has 0 unspecified atom stereocenters. The molecule has 0 fully saturated rings. The van der Waals surface area contributed by atoms with Crippen molar-refractivity contribution in [2.45, 2.75) is 19.3 Å². The minimum absolute atomic E-state index is 0.170. The van der Waals surface area contributed by atoms with Crippen molar-refractivity contribution in [3.05, 3.63) is 64.7 Å². The first kappa shape index (κ1) is 14.3. The molecule has 1 aliphatic rings. The Hall–Kier alpha value is -2.62. The van der Waals surface area contributed by atoms with Crippen LogP contribution in [-0.2, 0) is 17.6 Å².